The van der Waals surface area contributed by atoms with Crippen molar-refractivity contribution in [1.82, 2.24) is 0 Å². The average molecular weight is 326 g/mol. The van der Waals surface area contributed by atoms with Crippen molar-refractivity contribution in [2.75, 3.05) is 0 Å². The number of carboxylic acids is 1. The van der Waals surface area contributed by atoms with Gasteiger partial charge in [0.05, 0.1) is 6.42 Å². The Balaban J connectivity index is 2.36. The summed E-state index contributed by atoms with van der Waals surface area (Å²) in [6, 6.07) is 7.93. The Bertz CT molecular complexity index is 727. The molecule has 0 aliphatic carbocycles. The van der Waals surface area contributed by atoms with E-state index in [2.05, 4.69) is 39.8 Å². The van der Waals surface area contributed by atoms with Crippen LogP contribution in [0.25, 0.3) is 0 Å². The van der Waals surface area contributed by atoms with Crippen molar-refractivity contribution in [3.63, 3.8) is 0 Å². The Morgan fingerprint density at radius 2 is 1.46 bits per heavy atom. The first-order valence-electron chi connectivity index (χ1n) is 8.30. The minimum absolute atomic E-state index is 0.0310. The van der Waals surface area contributed by atoms with Gasteiger partial charge in [-0.25, -0.2) is 0 Å². The molecule has 0 spiro atoms. The van der Waals surface area contributed by atoms with Crippen molar-refractivity contribution in [2.45, 2.75) is 53.9 Å². The molecule has 0 saturated carbocycles. The third-order valence-electron chi connectivity index (χ3n) is 4.24. The molecule has 0 unspecified atom stereocenters. The lowest BCUT2D eigenvalue weighted by Crippen LogP contribution is -2.02. The van der Waals surface area contributed by atoms with E-state index >= 15 is 0 Å². The van der Waals surface area contributed by atoms with Gasteiger partial charge in [0, 0.05) is 0 Å². The molecule has 0 fully saturated rings. The van der Waals surface area contributed by atoms with Crippen molar-refractivity contribution in [1.29, 1.82) is 0 Å². The van der Waals surface area contributed by atoms with Gasteiger partial charge in [0.15, 0.2) is 0 Å². The minimum atomic E-state index is -0.821. The fourth-order valence-corrected chi connectivity index (χ4v) is 3.50. The second-order valence-electron chi connectivity index (χ2n) is 6.86. The van der Waals surface area contributed by atoms with E-state index in [9.17, 15) is 4.79 Å². The van der Waals surface area contributed by atoms with Gasteiger partial charge in [0.2, 0.25) is 0 Å². The molecular weight excluding hydrogens is 300 g/mol. The van der Waals surface area contributed by atoms with E-state index in [1.165, 1.54) is 16.7 Å². The number of benzene rings is 2. The Labute approximate surface area is 144 Å². The molecule has 128 valence electrons. The van der Waals surface area contributed by atoms with Gasteiger partial charge in [-0.05, 0) is 79.1 Å². The molecular formula is C21H26O3. The van der Waals surface area contributed by atoms with Gasteiger partial charge in [0.1, 0.15) is 11.5 Å². The summed E-state index contributed by atoms with van der Waals surface area (Å²) in [5, 5.41) is 8.95. The van der Waals surface area contributed by atoms with Gasteiger partial charge in [0.25, 0.3) is 0 Å². The van der Waals surface area contributed by atoms with Crippen molar-refractivity contribution >= 4 is 5.97 Å². The number of aliphatic carboxylic acids is 1. The van der Waals surface area contributed by atoms with E-state index in [4.69, 9.17) is 9.84 Å². The van der Waals surface area contributed by atoms with Crippen LogP contribution in [0.2, 0.25) is 0 Å². The molecule has 2 rings (SSSR count). The predicted octanol–water partition coefficient (Wildman–Crippen LogP) is 5.46. The average Bonchev–Trinajstić information content (AvgIpc) is 2.41. The second-order valence-corrected chi connectivity index (χ2v) is 6.86. The lowest BCUT2D eigenvalue weighted by atomic mass is 9.93. The van der Waals surface area contributed by atoms with E-state index in [1.807, 2.05) is 26.0 Å². The zero-order valence-corrected chi connectivity index (χ0v) is 15.4. The summed E-state index contributed by atoms with van der Waals surface area (Å²) in [7, 11) is 0. The quantitative estimate of drug-likeness (QED) is 0.793. The van der Waals surface area contributed by atoms with Crippen LogP contribution in [0.3, 0.4) is 0 Å². The highest BCUT2D eigenvalue weighted by Gasteiger charge is 2.13. The fraction of sp³-hybridized carbons (Fsp3) is 0.381. The number of hydrogen-bond acceptors (Lipinski definition) is 2. The Morgan fingerprint density at radius 1 is 0.958 bits per heavy atom. The largest absolute Gasteiger partial charge is 0.481 e. The Kier molecular flexibility index (Phi) is 5.33. The molecule has 0 bridgehead atoms. The molecule has 2 aromatic rings. The molecule has 0 aromatic heterocycles. The van der Waals surface area contributed by atoms with Crippen LogP contribution in [0, 0.1) is 27.7 Å². The summed E-state index contributed by atoms with van der Waals surface area (Å²) >= 11 is 0. The molecule has 3 heteroatoms. The van der Waals surface area contributed by atoms with Gasteiger partial charge in [-0.2, -0.15) is 0 Å². The van der Waals surface area contributed by atoms with Crippen molar-refractivity contribution in [3.05, 3.63) is 57.6 Å². The number of hydrogen-bond donors (Lipinski definition) is 1. The van der Waals surface area contributed by atoms with Crippen LogP contribution in [-0.4, -0.2) is 11.1 Å². The summed E-state index contributed by atoms with van der Waals surface area (Å²) in [6.07, 6.45) is 0.0310. The minimum Gasteiger partial charge on any atom is -0.481 e. The molecule has 2 aromatic carbocycles. The smallest absolute Gasteiger partial charge is 0.307 e. The topological polar surface area (TPSA) is 46.5 Å². The van der Waals surface area contributed by atoms with Crippen LogP contribution >= 0.6 is 0 Å². The maximum absolute atomic E-state index is 10.9. The van der Waals surface area contributed by atoms with Crippen LogP contribution in [0.4, 0.5) is 0 Å². The highest BCUT2D eigenvalue weighted by molar-refractivity contribution is 5.70. The first-order valence-corrected chi connectivity index (χ1v) is 8.30. The summed E-state index contributed by atoms with van der Waals surface area (Å²) in [6.45, 7) is 12.5. The number of ether oxygens (including phenoxy) is 1. The monoisotopic (exact) mass is 326 g/mol. The molecule has 0 aliphatic heterocycles. The summed E-state index contributed by atoms with van der Waals surface area (Å²) in [5.41, 5.74) is 6.54. The number of aryl methyl sites for hydroxylation is 4. The Hall–Kier alpha value is -2.29. The molecule has 0 saturated heterocycles. The van der Waals surface area contributed by atoms with Gasteiger partial charge in [-0.3, -0.25) is 4.79 Å². The van der Waals surface area contributed by atoms with Gasteiger partial charge in [-0.15, -0.1) is 0 Å². The van der Waals surface area contributed by atoms with Crippen LogP contribution in [-0.2, 0) is 11.2 Å². The lowest BCUT2D eigenvalue weighted by Gasteiger charge is -2.18. The van der Waals surface area contributed by atoms with Gasteiger partial charge in [-0.1, -0.05) is 26.0 Å². The second kappa shape index (κ2) is 7.08. The molecule has 0 aliphatic rings. The van der Waals surface area contributed by atoms with Crippen LogP contribution < -0.4 is 4.74 Å². The zero-order chi connectivity index (χ0) is 18.0. The van der Waals surface area contributed by atoms with Crippen molar-refractivity contribution < 1.29 is 14.6 Å². The number of carbonyl (C=O) groups is 1. The van der Waals surface area contributed by atoms with E-state index in [-0.39, 0.29) is 6.42 Å². The van der Waals surface area contributed by atoms with E-state index in [1.54, 1.807) is 0 Å². The standard InChI is InChI=1S/C21H26O3/c1-12(2)20-13(3)9-18(10-14(20)4)24-21-15(5)7-17(8-16(21)6)11-19(22)23/h7-10,12H,11H2,1-6H3,(H,22,23). The molecule has 0 amide bonds. The predicted molar refractivity (Wildman–Crippen MR) is 97.3 cm³/mol. The normalized spacial score (nSPS) is 11.0. The molecule has 1 N–H and O–H groups in total. The zero-order valence-electron chi connectivity index (χ0n) is 15.4. The highest BCUT2D eigenvalue weighted by atomic mass is 16.5. The molecule has 24 heavy (non-hydrogen) atoms. The van der Waals surface area contributed by atoms with Crippen LogP contribution in [0.5, 0.6) is 11.5 Å². The number of carboxylic acid groups (broad SMARTS) is 1. The fourth-order valence-electron chi connectivity index (χ4n) is 3.50. The maximum Gasteiger partial charge on any atom is 0.307 e. The van der Waals surface area contributed by atoms with E-state index in [0.717, 1.165) is 28.2 Å². The first-order chi connectivity index (χ1) is 11.2. The van der Waals surface area contributed by atoms with E-state index in [0.29, 0.717) is 5.92 Å². The molecule has 0 atom stereocenters. The summed E-state index contributed by atoms with van der Waals surface area (Å²) in [5.74, 6) is 1.29. The van der Waals surface area contributed by atoms with Crippen molar-refractivity contribution in [3.8, 4) is 11.5 Å². The molecule has 0 radical (unpaired) electrons. The summed E-state index contributed by atoms with van der Waals surface area (Å²) in [4.78, 5) is 10.9. The summed E-state index contributed by atoms with van der Waals surface area (Å²) < 4.78 is 6.15. The maximum atomic E-state index is 10.9. The van der Waals surface area contributed by atoms with Gasteiger partial charge < -0.3 is 9.84 Å². The SMILES string of the molecule is Cc1cc(CC(=O)O)cc(C)c1Oc1cc(C)c(C(C)C)c(C)c1. The van der Waals surface area contributed by atoms with Crippen LogP contribution in [0.1, 0.15) is 53.1 Å². The van der Waals surface area contributed by atoms with Crippen LogP contribution in [0.15, 0.2) is 24.3 Å². The van der Waals surface area contributed by atoms with E-state index < -0.39 is 5.97 Å². The Morgan fingerprint density at radius 3 is 1.88 bits per heavy atom. The highest BCUT2D eigenvalue weighted by Crippen LogP contribution is 2.33. The number of rotatable bonds is 5. The molecule has 3 nitrogen and oxygen atoms in total. The lowest BCUT2D eigenvalue weighted by molar-refractivity contribution is -0.136. The van der Waals surface area contributed by atoms with Gasteiger partial charge >= 0.3 is 5.97 Å². The third kappa shape index (κ3) is 3.97. The third-order valence-corrected chi connectivity index (χ3v) is 4.24. The van der Waals surface area contributed by atoms with Crippen molar-refractivity contribution in [2.24, 2.45) is 0 Å². The molecule has 0 heterocycles. The first kappa shape index (κ1) is 18.1.